The Morgan fingerprint density at radius 2 is 2.00 bits per heavy atom. The van der Waals surface area contributed by atoms with E-state index in [4.69, 9.17) is 4.74 Å². The van der Waals surface area contributed by atoms with Crippen LogP contribution >= 0.6 is 11.8 Å². The third-order valence-corrected chi connectivity index (χ3v) is 3.38. The van der Waals surface area contributed by atoms with Crippen molar-refractivity contribution in [2.75, 3.05) is 11.6 Å². The molecule has 0 unspecified atom stereocenters. The second-order valence-electron chi connectivity index (χ2n) is 4.75. The van der Waals surface area contributed by atoms with Gasteiger partial charge in [0.15, 0.2) is 5.16 Å². The van der Waals surface area contributed by atoms with Crippen LogP contribution in [0, 0.1) is 6.92 Å². The predicted octanol–water partition coefficient (Wildman–Crippen LogP) is 3.96. The number of benzene rings is 1. The molecule has 0 bridgehead atoms. The number of nitrogens with zero attached hydrogens (tertiary/aromatic N) is 2. The van der Waals surface area contributed by atoms with Crippen molar-refractivity contribution in [3.63, 3.8) is 0 Å². The predicted molar refractivity (Wildman–Crippen MR) is 88.8 cm³/mol. The minimum Gasteiger partial charge on any atom is -0.427 e. The standard InChI is InChI=1S/C16H19N3O2S/c1-4-5-15(20)21-13-8-6-12(7-9-13)18-14-10-11(2)17-16(19-14)22-3/h6-10H,4-5H2,1-3H3,(H,17,18,19). The van der Waals surface area contributed by atoms with Crippen LogP contribution in [0.1, 0.15) is 25.5 Å². The number of carbonyl (C=O) groups excluding carboxylic acids is 1. The van der Waals surface area contributed by atoms with Crippen LogP contribution in [0.5, 0.6) is 5.75 Å². The first-order valence-corrected chi connectivity index (χ1v) is 8.30. The van der Waals surface area contributed by atoms with E-state index in [0.717, 1.165) is 28.8 Å². The third kappa shape index (κ3) is 4.73. The highest BCUT2D eigenvalue weighted by Crippen LogP contribution is 2.21. The number of nitrogens with one attached hydrogen (secondary N) is 1. The lowest BCUT2D eigenvalue weighted by molar-refractivity contribution is -0.134. The zero-order valence-corrected chi connectivity index (χ0v) is 13.7. The molecule has 116 valence electrons. The number of aromatic nitrogens is 2. The summed E-state index contributed by atoms with van der Waals surface area (Å²) in [5, 5.41) is 3.95. The van der Waals surface area contributed by atoms with E-state index in [1.165, 1.54) is 11.8 Å². The van der Waals surface area contributed by atoms with Gasteiger partial charge in [-0.3, -0.25) is 4.79 Å². The second-order valence-corrected chi connectivity index (χ2v) is 5.53. The number of esters is 1. The van der Waals surface area contributed by atoms with E-state index in [-0.39, 0.29) is 5.97 Å². The van der Waals surface area contributed by atoms with Gasteiger partial charge in [-0.25, -0.2) is 9.97 Å². The molecular weight excluding hydrogens is 298 g/mol. The monoisotopic (exact) mass is 317 g/mol. The maximum atomic E-state index is 11.4. The van der Waals surface area contributed by atoms with Crippen molar-refractivity contribution in [1.82, 2.24) is 9.97 Å². The van der Waals surface area contributed by atoms with Crippen molar-refractivity contribution in [1.29, 1.82) is 0 Å². The number of anilines is 2. The van der Waals surface area contributed by atoms with Crippen LogP contribution in [0.15, 0.2) is 35.5 Å². The molecule has 2 rings (SSSR count). The number of ether oxygens (including phenoxy) is 1. The number of hydrogen-bond acceptors (Lipinski definition) is 6. The van der Waals surface area contributed by atoms with Gasteiger partial charge in [-0.2, -0.15) is 0 Å². The third-order valence-electron chi connectivity index (χ3n) is 2.83. The highest BCUT2D eigenvalue weighted by atomic mass is 32.2. The van der Waals surface area contributed by atoms with E-state index in [2.05, 4.69) is 15.3 Å². The van der Waals surface area contributed by atoms with Crippen LogP contribution in [-0.2, 0) is 4.79 Å². The summed E-state index contributed by atoms with van der Waals surface area (Å²) in [7, 11) is 0. The molecule has 0 aliphatic rings. The lowest BCUT2D eigenvalue weighted by atomic mass is 10.3. The quantitative estimate of drug-likeness (QED) is 0.376. The van der Waals surface area contributed by atoms with Crippen LogP contribution < -0.4 is 10.1 Å². The van der Waals surface area contributed by atoms with Gasteiger partial charge in [-0.15, -0.1) is 0 Å². The molecule has 1 heterocycles. The van der Waals surface area contributed by atoms with Crippen molar-refractivity contribution < 1.29 is 9.53 Å². The fourth-order valence-corrected chi connectivity index (χ4v) is 2.26. The Morgan fingerprint density at radius 1 is 1.27 bits per heavy atom. The zero-order valence-electron chi connectivity index (χ0n) is 12.9. The van der Waals surface area contributed by atoms with Crippen LogP contribution in [0.25, 0.3) is 0 Å². The molecule has 6 heteroatoms. The largest absolute Gasteiger partial charge is 0.427 e. The summed E-state index contributed by atoms with van der Waals surface area (Å²) in [6.07, 6.45) is 3.15. The number of thioether (sulfide) groups is 1. The molecule has 1 aromatic carbocycles. The number of hydrogen-bond donors (Lipinski definition) is 1. The molecule has 5 nitrogen and oxygen atoms in total. The maximum absolute atomic E-state index is 11.4. The Kier molecular flexibility index (Phi) is 5.77. The average molecular weight is 317 g/mol. The summed E-state index contributed by atoms with van der Waals surface area (Å²) in [6.45, 7) is 3.88. The van der Waals surface area contributed by atoms with E-state index in [1.807, 2.05) is 38.3 Å². The summed E-state index contributed by atoms with van der Waals surface area (Å²) >= 11 is 1.50. The molecule has 0 fully saturated rings. The Hall–Kier alpha value is -2.08. The van der Waals surface area contributed by atoms with Crippen molar-refractivity contribution >= 4 is 29.2 Å². The van der Waals surface area contributed by atoms with Gasteiger partial charge in [0.2, 0.25) is 0 Å². The zero-order chi connectivity index (χ0) is 15.9. The van der Waals surface area contributed by atoms with Gasteiger partial charge in [-0.05, 0) is 43.9 Å². The van der Waals surface area contributed by atoms with E-state index in [1.54, 1.807) is 12.1 Å². The highest BCUT2D eigenvalue weighted by molar-refractivity contribution is 7.98. The van der Waals surface area contributed by atoms with Crippen LogP contribution in [0.3, 0.4) is 0 Å². The Morgan fingerprint density at radius 3 is 2.64 bits per heavy atom. The first kappa shape index (κ1) is 16.3. The van der Waals surface area contributed by atoms with Crippen LogP contribution in [0.4, 0.5) is 11.5 Å². The Balaban J connectivity index is 2.05. The summed E-state index contributed by atoms with van der Waals surface area (Å²) in [5.41, 5.74) is 1.78. The fourth-order valence-electron chi connectivity index (χ4n) is 1.84. The molecule has 0 atom stereocenters. The molecule has 1 aromatic heterocycles. The van der Waals surface area contributed by atoms with Gasteiger partial charge in [0.05, 0.1) is 0 Å². The summed E-state index contributed by atoms with van der Waals surface area (Å²) < 4.78 is 5.22. The Labute approximate surface area is 134 Å². The second kappa shape index (κ2) is 7.79. The molecule has 22 heavy (non-hydrogen) atoms. The fraction of sp³-hybridized carbons (Fsp3) is 0.312. The molecule has 0 spiro atoms. The van der Waals surface area contributed by atoms with Crippen molar-refractivity contribution in [2.24, 2.45) is 0 Å². The lowest BCUT2D eigenvalue weighted by Gasteiger charge is -2.09. The first-order valence-electron chi connectivity index (χ1n) is 7.08. The SMILES string of the molecule is CCCC(=O)Oc1ccc(Nc2cc(C)nc(SC)n2)cc1. The molecule has 0 amide bonds. The maximum Gasteiger partial charge on any atom is 0.311 e. The van der Waals surface area contributed by atoms with Gasteiger partial charge >= 0.3 is 5.97 Å². The van der Waals surface area contributed by atoms with Gasteiger partial charge in [0.25, 0.3) is 0 Å². The molecule has 0 aliphatic heterocycles. The van der Waals surface area contributed by atoms with Crippen molar-refractivity contribution in [2.45, 2.75) is 31.8 Å². The Bertz CT molecular complexity index is 644. The first-order chi connectivity index (χ1) is 10.6. The molecule has 0 saturated heterocycles. The van der Waals surface area contributed by atoms with Gasteiger partial charge in [-0.1, -0.05) is 18.7 Å². The van der Waals surface area contributed by atoms with Crippen LogP contribution in [-0.4, -0.2) is 22.2 Å². The van der Waals surface area contributed by atoms with Gasteiger partial charge < -0.3 is 10.1 Å². The van der Waals surface area contributed by atoms with Crippen molar-refractivity contribution in [3.05, 3.63) is 36.0 Å². The molecule has 0 aliphatic carbocycles. The van der Waals surface area contributed by atoms with E-state index >= 15 is 0 Å². The topological polar surface area (TPSA) is 64.1 Å². The van der Waals surface area contributed by atoms with E-state index in [9.17, 15) is 4.79 Å². The molecule has 2 aromatic rings. The molecule has 0 radical (unpaired) electrons. The van der Waals surface area contributed by atoms with E-state index in [0.29, 0.717) is 12.2 Å². The highest BCUT2D eigenvalue weighted by Gasteiger charge is 2.05. The molecule has 0 saturated carbocycles. The van der Waals surface area contributed by atoms with Crippen LogP contribution in [0.2, 0.25) is 0 Å². The smallest absolute Gasteiger partial charge is 0.311 e. The van der Waals surface area contributed by atoms with E-state index < -0.39 is 0 Å². The molecular formula is C16H19N3O2S. The summed E-state index contributed by atoms with van der Waals surface area (Å²) in [6, 6.07) is 9.11. The normalized spacial score (nSPS) is 10.3. The minimum atomic E-state index is -0.209. The minimum absolute atomic E-state index is 0.209. The average Bonchev–Trinajstić information content (AvgIpc) is 2.49. The number of carbonyl (C=O) groups is 1. The summed E-state index contributed by atoms with van der Waals surface area (Å²) in [5.74, 6) is 1.08. The van der Waals surface area contributed by atoms with Gasteiger partial charge in [0.1, 0.15) is 11.6 Å². The number of rotatable bonds is 6. The lowest BCUT2D eigenvalue weighted by Crippen LogP contribution is -2.06. The van der Waals surface area contributed by atoms with Crippen molar-refractivity contribution in [3.8, 4) is 5.75 Å². The van der Waals surface area contributed by atoms with Gasteiger partial charge in [0, 0.05) is 23.9 Å². The molecule has 1 N–H and O–H groups in total. The number of aryl methyl sites for hydroxylation is 1. The summed E-state index contributed by atoms with van der Waals surface area (Å²) in [4.78, 5) is 20.1.